The Kier molecular flexibility index (Phi) is 5.63. The van der Waals surface area contributed by atoms with Crippen LogP contribution in [0.2, 0.25) is 0 Å². The van der Waals surface area contributed by atoms with Gasteiger partial charge in [0.2, 0.25) is 0 Å². The van der Waals surface area contributed by atoms with Gasteiger partial charge < -0.3 is 4.57 Å². The summed E-state index contributed by atoms with van der Waals surface area (Å²) in [5, 5.41) is 5.08. The molecule has 9 rings (SSSR count). The number of pyridine rings is 1. The molecule has 44 heavy (non-hydrogen) atoms. The summed E-state index contributed by atoms with van der Waals surface area (Å²) in [5.74, 6) is 0.917. The first-order chi connectivity index (χ1) is 21.8. The molecular weight excluding hydrogens is 534 g/mol. The minimum Gasteiger partial charge on any atom is -0.312 e. The Bertz CT molecular complexity index is 2440. The topological polar surface area (TPSA) is 22.8 Å². The minimum absolute atomic E-state index is 0.917. The van der Waals surface area contributed by atoms with Gasteiger partial charge in [0, 0.05) is 32.8 Å². The van der Waals surface area contributed by atoms with Crippen LogP contribution in [0.1, 0.15) is 12.8 Å². The lowest BCUT2D eigenvalue weighted by Crippen LogP contribution is -2.00. The summed E-state index contributed by atoms with van der Waals surface area (Å²) in [6.07, 6.45) is 8.81. The van der Waals surface area contributed by atoms with Gasteiger partial charge in [-0.3, -0.25) is 4.57 Å². The summed E-state index contributed by atoms with van der Waals surface area (Å²) < 4.78 is 4.85. The Labute approximate surface area is 255 Å². The summed E-state index contributed by atoms with van der Waals surface area (Å²) in [6, 6.07) is 47.8. The van der Waals surface area contributed by atoms with E-state index >= 15 is 0 Å². The summed E-state index contributed by atoms with van der Waals surface area (Å²) in [7, 11) is 0. The van der Waals surface area contributed by atoms with Crippen LogP contribution in [-0.2, 0) is 0 Å². The minimum atomic E-state index is 0.917. The van der Waals surface area contributed by atoms with Gasteiger partial charge in [-0.15, -0.1) is 0 Å². The maximum absolute atomic E-state index is 5.29. The highest BCUT2D eigenvalue weighted by molar-refractivity contribution is 6.26. The Balaban J connectivity index is 1.31. The van der Waals surface area contributed by atoms with Crippen molar-refractivity contribution in [2.75, 3.05) is 0 Å². The highest BCUT2D eigenvalue weighted by atomic mass is 15.1. The highest BCUT2D eigenvalue weighted by Crippen LogP contribution is 2.42. The fourth-order valence-corrected chi connectivity index (χ4v) is 7.03. The van der Waals surface area contributed by atoms with Crippen LogP contribution in [0.5, 0.6) is 0 Å². The van der Waals surface area contributed by atoms with Gasteiger partial charge in [-0.2, -0.15) is 0 Å². The standard InChI is InChI=1S/C41H29N3/c1-3-13-28(14-4-1)29-15-11-16-30(27-29)35-21-12-24-39(42-35)44-37-23-10-8-20-34(37)40-38(44)26-25-33-32-19-7-9-22-36(32)43(41(33)40)31-17-5-2-6-18-31/h1-5,7-17,19-27H,6,18H2. The molecule has 3 heteroatoms. The van der Waals surface area contributed by atoms with Crippen molar-refractivity contribution in [3.8, 4) is 28.2 Å². The van der Waals surface area contributed by atoms with Crippen molar-refractivity contribution >= 4 is 49.3 Å². The third-order valence-electron chi connectivity index (χ3n) is 8.98. The number of rotatable bonds is 4. The maximum Gasteiger partial charge on any atom is 0.138 e. The third kappa shape index (κ3) is 3.79. The van der Waals surface area contributed by atoms with Crippen LogP contribution in [-0.4, -0.2) is 14.1 Å². The molecule has 0 aliphatic heterocycles. The zero-order valence-corrected chi connectivity index (χ0v) is 24.2. The number of aromatic nitrogens is 3. The van der Waals surface area contributed by atoms with Gasteiger partial charge in [0.15, 0.2) is 0 Å². The van der Waals surface area contributed by atoms with Gasteiger partial charge in [-0.25, -0.2) is 4.98 Å². The van der Waals surface area contributed by atoms with Gasteiger partial charge in [-0.05, 0) is 66.4 Å². The van der Waals surface area contributed by atoms with E-state index in [-0.39, 0.29) is 0 Å². The number of nitrogens with zero attached hydrogens (tertiary/aromatic N) is 3. The quantitative estimate of drug-likeness (QED) is 0.209. The van der Waals surface area contributed by atoms with Crippen molar-refractivity contribution in [2.24, 2.45) is 0 Å². The number of allylic oxidation sites excluding steroid dienone is 4. The van der Waals surface area contributed by atoms with Crippen LogP contribution < -0.4 is 0 Å². The van der Waals surface area contributed by atoms with Gasteiger partial charge in [0.05, 0.1) is 27.8 Å². The molecule has 3 nitrogen and oxygen atoms in total. The van der Waals surface area contributed by atoms with E-state index in [0.717, 1.165) is 41.0 Å². The Hall–Kier alpha value is -5.67. The molecule has 208 valence electrons. The van der Waals surface area contributed by atoms with E-state index in [9.17, 15) is 0 Å². The smallest absolute Gasteiger partial charge is 0.138 e. The van der Waals surface area contributed by atoms with Crippen LogP contribution in [0.4, 0.5) is 0 Å². The number of hydrogen-bond acceptors (Lipinski definition) is 1. The molecule has 1 aliphatic rings. The highest BCUT2D eigenvalue weighted by Gasteiger charge is 2.22. The van der Waals surface area contributed by atoms with Crippen molar-refractivity contribution in [3.05, 3.63) is 152 Å². The van der Waals surface area contributed by atoms with E-state index in [0.29, 0.717) is 0 Å². The normalized spacial score (nSPS) is 13.3. The van der Waals surface area contributed by atoms with Crippen molar-refractivity contribution in [1.29, 1.82) is 0 Å². The van der Waals surface area contributed by atoms with E-state index in [2.05, 4.69) is 161 Å². The second-order valence-corrected chi connectivity index (χ2v) is 11.5. The maximum atomic E-state index is 5.29. The van der Waals surface area contributed by atoms with Crippen molar-refractivity contribution in [2.45, 2.75) is 12.8 Å². The Morgan fingerprint density at radius 2 is 1.25 bits per heavy atom. The second-order valence-electron chi connectivity index (χ2n) is 11.5. The Morgan fingerprint density at radius 3 is 2.09 bits per heavy atom. The van der Waals surface area contributed by atoms with Gasteiger partial charge in [-0.1, -0.05) is 109 Å². The fourth-order valence-electron chi connectivity index (χ4n) is 7.03. The second kappa shape index (κ2) is 9.96. The lowest BCUT2D eigenvalue weighted by molar-refractivity contribution is 0.980. The van der Waals surface area contributed by atoms with E-state index in [1.165, 1.54) is 49.4 Å². The van der Waals surface area contributed by atoms with Crippen LogP contribution in [0, 0.1) is 0 Å². The molecule has 3 heterocycles. The SMILES string of the molecule is C1=CCCC(n2c3ccccc3c3ccc4c(c5ccccc5n4-c4cccc(-c5cccc(-c6ccccc6)c5)n4)c32)=C1. The largest absolute Gasteiger partial charge is 0.312 e. The van der Waals surface area contributed by atoms with E-state index < -0.39 is 0 Å². The predicted octanol–water partition coefficient (Wildman–Crippen LogP) is 10.8. The molecule has 0 atom stereocenters. The number of hydrogen-bond donors (Lipinski definition) is 0. The van der Waals surface area contributed by atoms with Crippen LogP contribution in [0.3, 0.4) is 0 Å². The molecule has 0 spiro atoms. The van der Waals surface area contributed by atoms with Crippen molar-refractivity contribution in [1.82, 2.24) is 14.1 Å². The first-order valence-electron chi connectivity index (χ1n) is 15.3. The summed E-state index contributed by atoms with van der Waals surface area (Å²) in [5.41, 5.74) is 10.6. The van der Waals surface area contributed by atoms with E-state index in [4.69, 9.17) is 4.98 Å². The van der Waals surface area contributed by atoms with Gasteiger partial charge in [0.1, 0.15) is 5.82 Å². The molecule has 0 amide bonds. The fraction of sp³-hybridized carbons (Fsp3) is 0.0488. The summed E-state index contributed by atoms with van der Waals surface area (Å²) >= 11 is 0. The lowest BCUT2D eigenvalue weighted by atomic mass is 10.0. The monoisotopic (exact) mass is 563 g/mol. The number of fused-ring (bicyclic) bond motifs is 7. The molecule has 1 aliphatic carbocycles. The number of para-hydroxylation sites is 2. The van der Waals surface area contributed by atoms with E-state index in [1.54, 1.807) is 0 Å². The predicted molar refractivity (Wildman–Crippen MR) is 185 cm³/mol. The average molecular weight is 564 g/mol. The molecule has 0 N–H and O–H groups in total. The molecule has 0 bridgehead atoms. The van der Waals surface area contributed by atoms with E-state index in [1.807, 2.05) is 0 Å². The first-order valence-corrected chi connectivity index (χ1v) is 15.3. The van der Waals surface area contributed by atoms with Crippen LogP contribution >= 0.6 is 0 Å². The molecular formula is C41H29N3. The summed E-state index contributed by atoms with van der Waals surface area (Å²) in [4.78, 5) is 5.29. The van der Waals surface area contributed by atoms with Crippen molar-refractivity contribution in [3.63, 3.8) is 0 Å². The molecule has 0 saturated heterocycles. The average Bonchev–Trinajstić information content (AvgIpc) is 3.62. The summed E-state index contributed by atoms with van der Waals surface area (Å²) in [6.45, 7) is 0. The zero-order chi connectivity index (χ0) is 29.0. The van der Waals surface area contributed by atoms with Crippen LogP contribution in [0.25, 0.3) is 77.5 Å². The van der Waals surface area contributed by atoms with Crippen molar-refractivity contribution < 1.29 is 0 Å². The molecule has 8 aromatic rings. The molecule has 0 saturated carbocycles. The Morgan fingerprint density at radius 1 is 0.523 bits per heavy atom. The van der Waals surface area contributed by atoms with Gasteiger partial charge in [0.25, 0.3) is 0 Å². The van der Waals surface area contributed by atoms with Gasteiger partial charge >= 0.3 is 0 Å². The lowest BCUT2D eigenvalue weighted by Gasteiger charge is -2.14. The number of benzene rings is 5. The third-order valence-corrected chi connectivity index (χ3v) is 8.98. The first kappa shape index (κ1) is 24.9. The van der Waals surface area contributed by atoms with Crippen LogP contribution in [0.15, 0.2) is 152 Å². The molecule has 0 unspecified atom stereocenters. The molecule has 0 fully saturated rings. The molecule has 5 aromatic carbocycles. The molecule has 3 aromatic heterocycles. The molecule has 0 radical (unpaired) electrons. The zero-order valence-electron chi connectivity index (χ0n) is 24.2.